The number of fused-ring (bicyclic) bond motifs is 4. The van der Waals surface area contributed by atoms with Crippen LogP contribution < -0.4 is 5.73 Å². The van der Waals surface area contributed by atoms with E-state index >= 15 is 0 Å². The third-order valence-electron chi connectivity index (χ3n) is 5.41. The van der Waals surface area contributed by atoms with E-state index in [1.807, 2.05) is 11.3 Å². The lowest BCUT2D eigenvalue weighted by atomic mass is 9.99. The largest absolute Gasteiger partial charge is 0.354 e. The molecule has 2 nitrogen and oxygen atoms in total. The van der Waals surface area contributed by atoms with Crippen LogP contribution in [-0.4, -0.2) is 11.5 Å². The molecule has 0 aliphatic carbocycles. The van der Waals surface area contributed by atoms with Crippen LogP contribution in [0.1, 0.15) is 18.4 Å². The first kappa shape index (κ1) is 17.9. The van der Waals surface area contributed by atoms with Gasteiger partial charge in [-0.15, -0.1) is 11.3 Å². The van der Waals surface area contributed by atoms with Crippen LogP contribution >= 0.6 is 27.3 Å². The summed E-state index contributed by atoms with van der Waals surface area (Å²) in [5.74, 6) is 0. The molecular formula is C24H21BrN2S. The van der Waals surface area contributed by atoms with Crippen molar-refractivity contribution in [3.05, 3.63) is 70.7 Å². The van der Waals surface area contributed by atoms with Crippen molar-refractivity contribution in [2.45, 2.75) is 19.3 Å². The molecule has 0 bridgehead atoms. The van der Waals surface area contributed by atoms with Crippen molar-refractivity contribution in [1.29, 1.82) is 0 Å². The lowest BCUT2D eigenvalue weighted by Gasteiger charge is -2.06. The molecule has 0 saturated carbocycles. The monoisotopic (exact) mass is 448 g/mol. The van der Waals surface area contributed by atoms with Gasteiger partial charge in [-0.3, -0.25) is 0 Å². The highest BCUT2D eigenvalue weighted by Gasteiger charge is 2.15. The Morgan fingerprint density at radius 1 is 0.857 bits per heavy atom. The molecule has 0 unspecified atom stereocenters. The van der Waals surface area contributed by atoms with Gasteiger partial charge in [0, 0.05) is 41.2 Å². The summed E-state index contributed by atoms with van der Waals surface area (Å²) in [5, 5.41) is 3.98. The molecule has 5 rings (SSSR count). The van der Waals surface area contributed by atoms with Gasteiger partial charge in [-0.25, -0.2) is 0 Å². The first-order valence-corrected chi connectivity index (χ1v) is 11.3. The summed E-state index contributed by atoms with van der Waals surface area (Å²) in [4.78, 5) is 3.69. The lowest BCUT2D eigenvalue weighted by Crippen LogP contribution is -1.99. The number of halogens is 1. The molecule has 3 N–H and O–H groups in total. The third kappa shape index (κ3) is 3.06. The standard InChI is InChI=1S/C24H21BrN2S/c25-16-9-10-21-19(14-16)18(6-3-4-12-26)24(27-21)15-8-11-23-20(13-15)17-5-1-2-7-22(17)28-23/h1-2,5,7-11,13-14,27H,3-4,6,12,26H2. The van der Waals surface area contributed by atoms with Crippen molar-refractivity contribution >= 4 is 58.3 Å². The van der Waals surface area contributed by atoms with E-state index in [0.717, 1.165) is 30.3 Å². The highest BCUT2D eigenvalue weighted by atomic mass is 79.9. The third-order valence-corrected chi connectivity index (χ3v) is 7.06. The van der Waals surface area contributed by atoms with Crippen LogP contribution in [0.4, 0.5) is 0 Å². The van der Waals surface area contributed by atoms with E-state index in [1.54, 1.807) is 0 Å². The van der Waals surface area contributed by atoms with Crippen molar-refractivity contribution in [2.24, 2.45) is 5.73 Å². The van der Waals surface area contributed by atoms with Gasteiger partial charge in [0.1, 0.15) is 0 Å². The minimum absolute atomic E-state index is 0.744. The maximum absolute atomic E-state index is 5.74. The van der Waals surface area contributed by atoms with Crippen molar-refractivity contribution < 1.29 is 0 Å². The smallest absolute Gasteiger partial charge is 0.0497 e. The van der Waals surface area contributed by atoms with Crippen LogP contribution in [0.3, 0.4) is 0 Å². The molecule has 2 heterocycles. The van der Waals surface area contributed by atoms with E-state index in [0.29, 0.717) is 0 Å². The van der Waals surface area contributed by atoms with Crippen LogP contribution in [0.2, 0.25) is 0 Å². The van der Waals surface area contributed by atoms with Gasteiger partial charge in [0.25, 0.3) is 0 Å². The summed E-state index contributed by atoms with van der Waals surface area (Å²) in [6.07, 6.45) is 3.19. The summed E-state index contributed by atoms with van der Waals surface area (Å²) in [6, 6.07) is 22.0. The molecule has 2 aromatic heterocycles. The second kappa shape index (κ2) is 7.36. The molecular weight excluding hydrogens is 428 g/mol. The van der Waals surface area contributed by atoms with E-state index in [-0.39, 0.29) is 0 Å². The summed E-state index contributed by atoms with van der Waals surface area (Å²) >= 11 is 5.50. The molecule has 0 atom stereocenters. The minimum Gasteiger partial charge on any atom is -0.354 e. The fraction of sp³-hybridized carbons (Fsp3) is 0.167. The van der Waals surface area contributed by atoms with Crippen LogP contribution in [0.15, 0.2) is 65.1 Å². The molecule has 28 heavy (non-hydrogen) atoms. The molecule has 0 saturated heterocycles. The molecule has 0 spiro atoms. The Bertz CT molecular complexity index is 1300. The highest BCUT2D eigenvalue weighted by Crippen LogP contribution is 2.38. The lowest BCUT2D eigenvalue weighted by molar-refractivity contribution is 0.748. The Morgan fingerprint density at radius 2 is 1.71 bits per heavy atom. The van der Waals surface area contributed by atoms with Gasteiger partial charge in [-0.2, -0.15) is 0 Å². The van der Waals surface area contributed by atoms with Gasteiger partial charge < -0.3 is 10.7 Å². The van der Waals surface area contributed by atoms with Gasteiger partial charge in [-0.1, -0.05) is 40.2 Å². The number of thiophene rings is 1. The number of rotatable bonds is 5. The number of hydrogen-bond acceptors (Lipinski definition) is 2. The van der Waals surface area contributed by atoms with Gasteiger partial charge >= 0.3 is 0 Å². The number of aromatic nitrogens is 1. The number of aryl methyl sites for hydroxylation is 1. The number of nitrogens with two attached hydrogens (primary N) is 1. The Hall–Kier alpha value is -2.14. The summed E-state index contributed by atoms with van der Waals surface area (Å²) in [6.45, 7) is 0.744. The number of hydrogen-bond donors (Lipinski definition) is 2. The average molecular weight is 449 g/mol. The number of unbranched alkanes of at least 4 members (excludes halogenated alkanes) is 1. The van der Waals surface area contributed by atoms with Crippen LogP contribution in [0.5, 0.6) is 0 Å². The normalized spacial score (nSPS) is 11.8. The second-order valence-electron chi connectivity index (χ2n) is 7.22. The molecule has 0 radical (unpaired) electrons. The second-order valence-corrected chi connectivity index (χ2v) is 9.22. The zero-order valence-corrected chi connectivity index (χ0v) is 17.9. The molecule has 3 aromatic carbocycles. The van der Waals surface area contributed by atoms with E-state index in [9.17, 15) is 0 Å². The Balaban J connectivity index is 1.71. The van der Waals surface area contributed by atoms with Crippen molar-refractivity contribution in [3.8, 4) is 11.3 Å². The highest BCUT2D eigenvalue weighted by molar-refractivity contribution is 9.10. The maximum atomic E-state index is 5.74. The first-order chi connectivity index (χ1) is 13.7. The summed E-state index contributed by atoms with van der Waals surface area (Å²) in [5.41, 5.74) is 10.8. The number of nitrogens with one attached hydrogen (secondary N) is 1. The van der Waals surface area contributed by atoms with E-state index in [1.165, 1.54) is 47.9 Å². The van der Waals surface area contributed by atoms with E-state index in [4.69, 9.17) is 5.73 Å². The topological polar surface area (TPSA) is 41.8 Å². The van der Waals surface area contributed by atoms with Crippen molar-refractivity contribution in [3.63, 3.8) is 0 Å². The minimum atomic E-state index is 0.744. The molecule has 140 valence electrons. The van der Waals surface area contributed by atoms with Gasteiger partial charge in [0.05, 0.1) is 0 Å². The van der Waals surface area contributed by atoms with Crippen LogP contribution in [0, 0.1) is 0 Å². The van der Waals surface area contributed by atoms with Crippen LogP contribution in [-0.2, 0) is 6.42 Å². The SMILES string of the molecule is NCCCCc1c(-c2ccc3sc4ccccc4c3c2)[nH]c2ccc(Br)cc12. The number of H-pyrrole nitrogens is 1. The summed E-state index contributed by atoms with van der Waals surface area (Å²) in [7, 11) is 0. The maximum Gasteiger partial charge on any atom is 0.0497 e. The van der Waals surface area contributed by atoms with Gasteiger partial charge in [-0.05, 0) is 73.3 Å². The van der Waals surface area contributed by atoms with Crippen molar-refractivity contribution in [2.75, 3.05) is 6.54 Å². The average Bonchev–Trinajstić information content (AvgIpc) is 3.26. The molecule has 5 aromatic rings. The molecule has 0 aliphatic heterocycles. The Morgan fingerprint density at radius 3 is 2.61 bits per heavy atom. The molecule has 0 amide bonds. The predicted molar refractivity (Wildman–Crippen MR) is 126 cm³/mol. The van der Waals surface area contributed by atoms with Crippen molar-refractivity contribution in [1.82, 2.24) is 4.98 Å². The quantitative estimate of drug-likeness (QED) is 0.273. The summed E-state index contributed by atoms with van der Waals surface area (Å²) < 4.78 is 3.80. The zero-order chi connectivity index (χ0) is 19.1. The van der Waals surface area contributed by atoms with Gasteiger partial charge in [0.15, 0.2) is 0 Å². The van der Waals surface area contributed by atoms with E-state index < -0.39 is 0 Å². The molecule has 0 fully saturated rings. The van der Waals surface area contributed by atoms with E-state index in [2.05, 4.69) is 81.6 Å². The molecule has 0 aliphatic rings. The van der Waals surface area contributed by atoms with Crippen LogP contribution in [0.25, 0.3) is 42.3 Å². The fourth-order valence-electron chi connectivity index (χ4n) is 4.05. The zero-order valence-electron chi connectivity index (χ0n) is 15.5. The Labute approximate surface area is 176 Å². The number of aromatic amines is 1. The van der Waals surface area contributed by atoms with Gasteiger partial charge in [0.2, 0.25) is 0 Å². The predicted octanol–water partition coefficient (Wildman–Crippen LogP) is 7.25. The fourth-order valence-corrected chi connectivity index (χ4v) is 5.50. The number of benzene rings is 3. The first-order valence-electron chi connectivity index (χ1n) is 9.66. The molecule has 4 heteroatoms. The Kier molecular flexibility index (Phi) is 4.71.